The SMILES string of the molecule is [2H]c1c(C)c([2H])c2c(=O)c([2H])c(SC([2H])([2H])c3cccc(F)c3F)n(CC(=O)N(C3CCN(C([2H])([2H])COC([2H])([2H])[2H])CC3)C([2H])([2H])c3ccc(-c4ccc(C(F)(F)F)cc4)cc3)c2c1[2H]. The Labute approximate surface area is 327 Å². The summed E-state index contributed by atoms with van der Waals surface area (Å²) in [6.45, 7) is -6.18. The van der Waals surface area contributed by atoms with Crippen molar-refractivity contribution in [2.45, 2.75) is 55.8 Å². The van der Waals surface area contributed by atoms with E-state index in [-0.39, 0.29) is 48.8 Å². The molecule has 0 bridgehead atoms. The molecule has 0 saturated carbocycles. The van der Waals surface area contributed by atoms with Crippen LogP contribution in [0.5, 0.6) is 0 Å². The maximum Gasteiger partial charge on any atom is 0.416 e. The number of likely N-dealkylation sites (tertiary alicyclic amines) is 1. The van der Waals surface area contributed by atoms with Gasteiger partial charge in [-0.15, -0.1) is 11.8 Å². The molecule has 278 valence electrons. The molecule has 1 aromatic heterocycles. The summed E-state index contributed by atoms with van der Waals surface area (Å²) in [6.07, 6.45) is -4.88. The highest BCUT2D eigenvalue weighted by Gasteiger charge is 2.31. The Bertz CT molecular complexity index is 2710. The molecule has 53 heavy (non-hydrogen) atoms. The molecule has 0 spiro atoms. The van der Waals surface area contributed by atoms with E-state index in [4.69, 9.17) is 19.8 Å². The molecule has 1 saturated heterocycles. The highest BCUT2D eigenvalue weighted by molar-refractivity contribution is 7.98. The van der Waals surface area contributed by atoms with Crippen molar-refractivity contribution < 1.29 is 49.3 Å². The van der Waals surface area contributed by atoms with E-state index in [2.05, 4.69) is 0 Å². The number of carbonyl (C=O) groups is 1. The van der Waals surface area contributed by atoms with Gasteiger partial charge in [0.1, 0.15) is 6.54 Å². The van der Waals surface area contributed by atoms with Crippen LogP contribution in [-0.2, 0) is 34.5 Å². The van der Waals surface area contributed by atoms with Gasteiger partial charge < -0.3 is 19.1 Å². The van der Waals surface area contributed by atoms with E-state index in [9.17, 15) is 25.1 Å². The van der Waals surface area contributed by atoms with Crippen LogP contribution in [0, 0.1) is 18.6 Å². The zero-order valence-corrected chi connectivity index (χ0v) is 28.9. The third-order valence-electron chi connectivity index (χ3n) is 8.52. The number of thioether (sulfide) groups is 1. The number of methoxy groups -OCH3 is 1. The zero-order chi connectivity index (χ0) is 49.1. The van der Waals surface area contributed by atoms with Crippen molar-refractivity contribution in [3.8, 4) is 11.1 Å². The minimum Gasteiger partial charge on any atom is -0.383 e. The van der Waals surface area contributed by atoms with Gasteiger partial charge in [0.2, 0.25) is 5.91 Å². The molecule has 12 heteroatoms. The summed E-state index contributed by atoms with van der Waals surface area (Å²) in [5.41, 5.74) is -6.13. The lowest BCUT2D eigenvalue weighted by molar-refractivity contribution is -0.137. The molecule has 0 radical (unpaired) electrons. The Morgan fingerprint density at radius 3 is 2.40 bits per heavy atom. The summed E-state index contributed by atoms with van der Waals surface area (Å²) in [7, 11) is -2.92. The van der Waals surface area contributed by atoms with Gasteiger partial charge in [-0.3, -0.25) is 9.59 Å². The summed E-state index contributed by atoms with van der Waals surface area (Å²) >= 11 is 0.00203. The Morgan fingerprint density at radius 2 is 1.72 bits per heavy atom. The molecule has 1 amide bonds. The van der Waals surface area contributed by atoms with Crippen molar-refractivity contribution in [3.63, 3.8) is 0 Å². The number of aromatic nitrogens is 1. The van der Waals surface area contributed by atoms with Crippen molar-refractivity contribution in [1.29, 1.82) is 0 Å². The van der Waals surface area contributed by atoms with Gasteiger partial charge in [0.05, 0.1) is 35.0 Å². The minimum atomic E-state index is -4.60. The van der Waals surface area contributed by atoms with E-state index in [0.29, 0.717) is 11.1 Å². The van der Waals surface area contributed by atoms with E-state index in [1.165, 1.54) is 48.2 Å². The quantitative estimate of drug-likeness (QED) is 0.0941. The highest BCUT2D eigenvalue weighted by atomic mass is 32.2. The molecule has 0 N–H and O–H groups in total. The Morgan fingerprint density at radius 1 is 1.02 bits per heavy atom. The molecular weight excluding hydrogens is 710 g/mol. The first-order chi connectivity index (χ1) is 30.5. The van der Waals surface area contributed by atoms with E-state index in [0.717, 1.165) is 39.8 Å². The maximum atomic E-state index is 15.1. The van der Waals surface area contributed by atoms with Gasteiger partial charge in [-0.05, 0) is 66.7 Å². The van der Waals surface area contributed by atoms with Crippen LogP contribution in [0.25, 0.3) is 22.0 Å². The summed E-state index contributed by atoms with van der Waals surface area (Å²) in [4.78, 5) is 31.0. The van der Waals surface area contributed by atoms with Crippen molar-refractivity contribution in [2.24, 2.45) is 0 Å². The molecule has 6 rings (SSSR count). The number of alkyl halides is 3. The van der Waals surface area contributed by atoms with Crippen LogP contribution in [0.1, 0.15) is 52.9 Å². The largest absolute Gasteiger partial charge is 0.416 e. The number of amides is 1. The fourth-order valence-corrected chi connectivity index (χ4v) is 6.58. The number of piperidine rings is 1. The van der Waals surface area contributed by atoms with Crippen molar-refractivity contribution in [3.05, 3.63) is 135 Å². The first kappa shape index (κ1) is 24.7. The number of hydrogen-bond donors (Lipinski definition) is 0. The molecule has 0 aliphatic carbocycles. The number of nitrogens with zero attached hydrogens (tertiary/aromatic N) is 3. The van der Waals surface area contributed by atoms with Gasteiger partial charge in [-0.25, -0.2) is 8.78 Å². The van der Waals surface area contributed by atoms with Gasteiger partial charge in [0, 0.05) is 67.3 Å². The normalized spacial score (nSPS) is 18.8. The van der Waals surface area contributed by atoms with Crippen LogP contribution in [0.4, 0.5) is 22.0 Å². The summed E-state index contributed by atoms with van der Waals surface area (Å²) in [5.74, 6) is -4.17. The Hall–Kier alpha value is -4.52. The number of fused-ring (bicyclic) bond motifs is 1. The number of pyridine rings is 1. The van der Waals surface area contributed by atoms with Crippen LogP contribution in [0.3, 0.4) is 0 Å². The van der Waals surface area contributed by atoms with Gasteiger partial charge in [0.15, 0.2) is 17.1 Å². The Kier molecular flexibility index (Phi) is 7.77. The molecular formula is C41H40F5N3O3S. The average molecular weight is 763 g/mol. The van der Waals surface area contributed by atoms with Gasteiger partial charge >= 0.3 is 6.18 Å². The predicted octanol–water partition coefficient (Wildman–Crippen LogP) is 8.71. The molecule has 0 unspecified atom stereocenters. The van der Waals surface area contributed by atoms with Gasteiger partial charge in [-0.2, -0.15) is 13.2 Å². The van der Waals surface area contributed by atoms with Crippen molar-refractivity contribution in [2.75, 3.05) is 33.2 Å². The molecule has 0 atom stereocenters. The molecule has 6 nitrogen and oxygen atoms in total. The lowest BCUT2D eigenvalue weighted by Crippen LogP contribution is -2.48. The lowest BCUT2D eigenvalue weighted by atomic mass is 10.00. The number of hydrogen-bond acceptors (Lipinski definition) is 5. The van der Waals surface area contributed by atoms with Crippen LogP contribution >= 0.6 is 11.8 Å². The predicted molar refractivity (Wildman–Crippen MR) is 198 cm³/mol. The number of benzene rings is 4. The molecule has 2 heterocycles. The minimum absolute atomic E-state index is 0.00203. The summed E-state index contributed by atoms with van der Waals surface area (Å²) < 4.78 is 186. The third kappa shape index (κ3) is 9.17. The monoisotopic (exact) mass is 762 g/mol. The zero-order valence-electron chi connectivity index (χ0n) is 41.0. The molecule has 1 fully saturated rings. The number of halogens is 5. The van der Waals surface area contributed by atoms with E-state index < -0.39 is 125 Å². The lowest BCUT2D eigenvalue weighted by Gasteiger charge is -2.39. The van der Waals surface area contributed by atoms with Crippen LogP contribution in [-0.4, -0.2) is 59.5 Å². The van der Waals surface area contributed by atoms with Gasteiger partial charge in [0.25, 0.3) is 0 Å². The summed E-state index contributed by atoms with van der Waals surface area (Å²) in [5, 5.41) is -1.32. The molecule has 1 aliphatic heterocycles. The van der Waals surface area contributed by atoms with Crippen molar-refractivity contribution >= 4 is 28.6 Å². The van der Waals surface area contributed by atoms with E-state index >= 15 is 9.18 Å². The van der Waals surface area contributed by atoms with E-state index in [1.807, 2.05) is 0 Å². The molecule has 4 aromatic carbocycles. The van der Waals surface area contributed by atoms with Gasteiger partial charge in [-0.1, -0.05) is 60.1 Å². The second-order valence-electron chi connectivity index (χ2n) is 12.1. The number of ether oxygens (including phenoxy) is 1. The first-order valence-corrected chi connectivity index (χ1v) is 17.1. The second kappa shape index (κ2) is 16.7. The Balaban J connectivity index is 1.48. The molecule has 5 aromatic rings. The highest BCUT2D eigenvalue weighted by Crippen LogP contribution is 2.32. The first-order valence-electron chi connectivity index (χ1n) is 22.7. The maximum absolute atomic E-state index is 15.1. The molecule has 1 aliphatic rings. The fraction of sp³-hybridized carbons (Fsp3) is 0.317. The number of rotatable bonds is 12. The second-order valence-corrected chi connectivity index (χ2v) is 12.9. The summed E-state index contributed by atoms with van der Waals surface area (Å²) in [6, 6.07) is 8.23. The fourth-order valence-electron chi connectivity index (χ4n) is 5.81. The smallest absolute Gasteiger partial charge is 0.383 e. The van der Waals surface area contributed by atoms with E-state index in [1.54, 1.807) is 0 Å². The van der Waals surface area contributed by atoms with Crippen LogP contribution in [0.15, 0.2) is 101 Å². The van der Waals surface area contributed by atoms with Crippen LogP contribution in [0.2, 0.25) is 0 Å². The van der Waals surface area contributed by atoms with Crippen LogP contribution < -0.4 is 5.43 Å². The average Bonchev–Trinajstić information content (AvgIpc) is 3.24. The number of carbonyl (C=O) groups excluding carboxylic acids is 1. The van der Waals surface area contributed by atoms with Crippen molar-refractivity contribution in [1.82, 2.24) is 14.4 Å². The topological polar surface area (TPSA) is 54.8 Å². The standard InChI is InChI=1S/C41H40F5N3O3S/c1-27-6-15-36-34(22-27)37(50)23-39(53-26-31-4-3-5-35(42)40(31)43)49(36)25-38(51)48(33-16-18-47(19-17-33)20-21-52-2)24-28-7-9-29(10-8-28)30-11-13-32(14-12-30)41(44,45)46/h3-15,22-23,33H,16-21,24-26H2,1-2H3/i2D3,6D,15D,20D2,22D,23D,24D2,26D2. The third-order valence-corrected chi connectivity index (χ3v) is 9.36.